The summed E-state index contributed by atoms with van der Waals surface area (Å²) in [6, 6.07) is 0.154. The Morgan fingerprint density at radius 1 is 1.25 bits per heavy atom. The van der Waals surface area contributed by atoms with Crippen LogP contribution < -0.4 is 4.74 Å². The van der Waals surface area contributed by atoms with Crippen molar-refractivity contribution in [1.82, 2.24) is 4.98 Å². The highest BCUT2D eigenvalue weighted by Crippen LogP contribution is 2.41. The summed E-state index contributed by atoms with van der Waals surface area (Å²) in [6.07, 6.45) is -10.6. The van der Waals surface area contributed by atoms with Gasteiger partial charge in [0.1, 0.15) is 17.0 Å². The average molecular weight is 342 g/mol. The summed E-state index contributed by atoms with van der Waals surface area (Å²) < 4.78 is 77.8. The zero-order valence-electron chi connectivity index (χ0n) is 9.07. The molecule has 0 saturated heterocycles. The van der Waals surface area contributed by atoms with Gasteiger partial charge >= 0.3 is 12.5 Å². The molecule has 0 aliphatic heterocycles. The molecule has 1 heterocycles. The minimum Gasteiger partial charge on any atom is -0.405 e. The first-order chi connectivity index (χ1) is 8.95. The number of halogens is 8. The molecule has 0 aliphatic rings. The minimum absolute atomic E-state index is 0.154. The van der Waals surface area contributed by atoms with Gasteiger partial charge in [0.05, 0.1) is 11.6 Å². The zero-order valence-corrected chi connectivity index (χ0v) is 10.6. The third kappa shape index (κ3) is 4.14. The van der Waals surface area contributed by atoms with Gasteiger partial charge in [0, 0.05) is 6.07 Å². The fourth-order valence-corrected chi connectivity index (χ4v) is 1.57. The lowest BCUT2D eigenvalue weighted by Gasteiger charge is -2.18. The van der Waals surface area contributed by atoms with Crippen LogP contribution in [0.15, 0.2) is 6.07 Å². The predicted molar refractivity (Wildman–Crippen MR) is 55.7 cm³/mol. The number of nitrogens with zero attached hydrogens (tertiary/aromatic N) is 1. The second-order valence-corrected chi connectivity index (χ2v) is 3.89. The second kappa shape index (κ2) is 5.65. The number of carbonyl (C=O) groups is 1. The zero-order chi connectivity index (χ0) is 15.7. The Bertz CT molecular complexity index is 528. The maximum Gasteiger partial charge on any atom is 0.573 e. The van der Waals surface area contributed by atoms with Gasteiger partial charge < -0.3 is 4.74 Å². The molecule has 11 heteroatoms. The van der Waals surface area contributed by atoms with Crippen LogP contribution in [0.25, 0.3) is 0 Å². The molecule has 0 amide bonds. The van der Waals surface area contributed by atoms with Crippen LogP contribution in [0.3, 0.4) is 0 Å². The number of rotatable bonds is 3. The largest absolute Gasteiger partial charge is 0.573 e. The van der Waals surface area contributed by atoms with Crippen LogP contribution in [0.2, 0.25) is 0 Å². The number of ether oxygens (including phenoxy) is 1. The Kier molecular flexibility index (Phi) is 4.75. The SMILES string of the molecule is O=C(Cl)c1cc(OC(F)(F)F)c(C(F)(F)F)c(CCl)n1. The summed E-state index contributed by atoms with van der Waals surface area (Å²) in [7, 11) is 0. The third-order valence-electron chi connectivity index (χ3n) is 1.90. The van der Waals surface area contributed by atoms with E-state index in [1.807, 2.05) is 0 Å². The van der Waals surface area contributed by atoms with Crippen molar-refractivity contribution in [3.8, 4) is 5.75 Å². The van der Waals surface area contributed by atoms with Gasteiger partial charge in [0.25, 0.3) is 5.24 Å². The Morgan fingerprint density at radius 2 is 1.80 bits per heavy atom. The molecule has 0 radical (unpaired) electrons. The van der Waals surface area contributed by atoms with Gasteiger partial charge in [0.15, 0.2) is 0 Å². The number of carbonyl (C=O) groups excluding carboxylic acids is 1. The summed E-state index contributed by atoms with van der Waals surface area (Å²) in [5.74, 6) is -2.53. The van der Waals surface area contributed by atoms with E-state index >= 15 is 0 Å². The van der Waals surface area contributed by atoms with E-state index in [1.54, 1.807) is 0 Å². The Morgan fingerprint density at radius 3 is 2.15 bits per heavy atom. The van der Waals surface area contributed by atoms with Crippen LogP contribution in [0.4, 0.5) is 26.3 Å². The quantitative estimate of drug-likeness (QED) is 0.471. The van der Waals surface area contributed by atoms with E-state index in [0.29, 0.717) is 0 Å². The lowest BCUT2D eigenvalue weighted by Crippen LogP contribution is -2.22. The Hall–Kier alpha value is -1.22. The molecule has 3 nitrogen and oxygen atoms in total. The van der Waals surface area contributed by atoms with Gasteiger partial charge in [-0.15, -0.1) is 24.8 Å². The van der Waals surface area contributed by atoms with Crippen molar-refractivity contribution >= 4 is 28.4 Å². The molecule has 0 unspecified atom stereocenters. The molecule has 1 rings (SSSR count). The molecule has 0 spiro atoms. The summed E-state index contributed by atoms with van der Waals surface area (Å²) in [5.41, 5.74) is -3.65. The lowest BCUT2D eigenvalue weighted by molar-refractivity contribution is -0.276. The standard InChI is InChI=1S/C9H3Cl2F6NO2/c10-2-4-6(8(12,13)14)5(20-9(15,16)17)1-3(18-4)7(11)19/h1H,2H2. The first kappa shape index (κ1) is 16.8. The number of alkyl halides is 7. The first-order valence-corrected chi connectivity index (χ1v) is 5.49. The summed E-state index contributed by atoms with van der Waals surface area (Å²) >= 11 is 10.2. The van der Waals surface area contributed by atoms with E-state index in [4.69, 9.17) is 23.2 Å². The summed E-state index contributed by atoms with van der Waals surface area (Å²) in [6.45, 7) is 0. The van der Waals surface area contributed by atoms with Crippen molar-refractivity contribution < 1.29 is 35.9 Å². The molecule has 0 bridgehead atoms. The predicted octanol–water partition coefficient (Wildman–Crippen LogP) is 4.12. The normalized spacial score (nSPS) is 12.4. The molecule has 20 heavy (non-hydrogen) atoms. The van der Waals surface area contributed by atoms with Crippen molar-refractivity contribution in [1.29, 1.82) is 0 Å². The molecule has 0 N–H and O–H groups in total. The van der Waals surface area contributed by atoms with Crippen LogP contribution >= 0.6 is 23.2 Å². The number of aromatic nitrogens is 1. The maximum absolute atomic E-state index is 12.7. The van der Waals surface area contributed by atoms with Gasteiger partial charge in [0.2, 0.25) is 0 Å². The Labute approximate surface area is 117 Å². The smallest absolute Gasteiger partial charge is 0.405 e. The highest BCUT2D eigenvalue weighted by atomic mass is 35.5. The summed E-state index contributed by atoms with van der Waals surface area (Å²) in [5, 5.41) is -1.35. The highest BCUT2D eigenvalue weighted by Gasteiger charge is 2.42. The molecule has 1 aromatic rings. The third-order valence-corrected chi connectivity index (χ3v) is 2.34. The van der Waals surface area contributed by atoms with Crippen molar-refractivity contribution in [3.05, 3.63) is 23.0 Å². The van der Waals surface area contributed by atoms with E-state index in [0.717, 1.165) is 0 Å². The molecule has 0 fully saturated rings. The van der Waals surface area contributed by atoms with Crippen molar-refractivity contribution in [3.63, 3.8) is 0 Å². The van der Waals surface area contributed by atoms with E-state index in [1.165, 1.54) is 0 Å². The highest BCUT2D eigenvalue weighted by molar-refractivity contribution is 6.67. The fraction of sp³-hybridized carbons (Fsp3) is 0.333. The molecular formula is C9H3Cl2F6NO2. The first-order valence-electron chi connectivity index (χ1n) is 4.58. The van der Waals surface area contributed by atoms with Gasteiger partial charge in [-0.3, -0.25) is 4.79 Å². The van der Waals surface area contributed by atoms with Crippen LogP contribution in [-0.2, 0) is 12.1 Å². The molecule has 0 saturated carbocycles. The minimum atomic E-state index is -5.39. The average Bonchev–Trinajstić information content (AvgIpc) is 2.23. The number of pyridine rings is 1. The molecule has 0 atom stereocenters. The van der Waals surface area contributed by atoms with Gasteiger partial charge in [-0.2, -0.15) is 13.2 Å². The second-order valence-electron chi connectivity index (χ2n) is 3.28. The lowest BCUT2D eigenvalue weighted by atomic mass is 10.1. The molecule has 0 aliphatic carbocycles. The van der Waals surface area contributed by atoms with Crippen molar-refractivity contribution in [2.75, 3.05) is 0 Å². The fourth-order valence-electron chi connectivity index (χ4n) is 1.28. The van der Waals surface area contributed by atoms with Gasteiger partial charge in [-0.1, -0.05) is 0 Å². The van der Waals surface area contributed by atoms with E-state index in [2.05, 4.69) is 9.72 Å². The Balaban J connectivity index is 3.57. The molecule has 112 valence electrons. The van der Waals surface area contributed by atoms with Gasteiger partial charge in [-0.05, 0) is 11.6 Å². The van der Waals surface area contributed by atoms with Crippen LogP contribution in [-0.4, -0.2) is 16.6 Å². The van der Waals surface area contributed by atoms with Crippen LogP contribution in [0, 0.1) is 0 Å². The van der Waals surface area contributed by atoms with Crippen molar-refractivity contribution in [2.24, 2.45) is 0 Å². The van der Waals surface area contributed by atoms with E-state index in [9.17, 15) is 31.1 Å². The molecule has 1 aromatic heterocycles. The topological polar surface area (TPSA) is 39.2 Å². The maximum atomic E-state index is 12.7. The monoisotopic (exact) mass is 341 g/mol. The number of hydrogen-bond donors (Lipinski definition) is 0. The van der Waals surface area contributed by atoms with Crippen molar-refractivity contribution in [2.45, 2.75) is 18.4 Å². The van der Waals surface area contributed by atoms with Crippen LogP contribution in [0.1, 0.15) is 21.7 Å². The van der Waals surface area contributed by atoms with E-state index in [-0.39, 0.29) is 6.07 Å². The van der Waals surface area contributed by atoms with E-state index < -0.39 is 46.4 Å². The van der Waals surface area contributed by atoms with Gasteiger partial charge in [-0.25, -0.2) is 4.98 Å². The summed E-state index contributed by atoms with van der Waals surface area (Å²) in [4.78, 5) is 14.0. The molecular weight excluding hydrogens is 339 g/mol. The van der Waals surface area contributed by atoms with Crippen LogP contribution in [0.5, 0.6) is 5.75 Å². The molecule has 0 aromatic carbocycles. The number of hydrogen-bond acceptors (Lipinski definition) is 3.